The molecule has 0 aliphatic carbocycles. The number of aliphatic hydroxyl groups is 1. The molecule has 243 valence electrons. The third-order valence-electron chi connectivity index (χ3n) is 8.80. The number of carbonyl (C=O) groups excluding carboxylic acids is 1. The summed E-state index contributed by atoms with van der Waals surface area (Å²) in [7, 11) is 0. The van der Waals surface area contributed by atoms with Crippen molar-refractivity contribution in [3.63, 3.8) is 0 Å². The number of rotatable bonds is 10. The average Bonchev–Trinajstić information content (AvgIpc) is 3.05. The van der Waals surface area contributed by atoms with Crippen LogP contribution in [0.4, 0.5) is 0 Å². The van der Waals surface area contributed by atoms with Crippen LogP contribution in [0, 0.1) is 17.9 Å². The fourth-order valence-electron chi connectivity index (χ4n) is 5.74. The van der Waals surface area contributed by atoms with E-state index in [1.807, 2.05) is 27.7 Å². The number of carbonyl (C=O) groups is 1. The number of hydrogen-bond donors (Lipinski definition) is 1. The summed E-state index contributed by atoms with van der Waals surface area (Å²) in [6.07, 6.45) is 4.91. The summed E-state index contributed by atoms with van der Waals surface area (Å²) in [4.78, 5) is 16.8. The van der Waals surface area contributed by atoms with E-state index in [1.165, 1.54) is 37.8 Å². The molecule has 0 spiro atoms. The van der Waals surface area contributed by atoms with E-state index >= 15 is 0 Å². The van der Waals surface area contributed by atoms with Gasteiger partial charge in [-0.2, -0.15) is 0 Å². The van der Waals surface area contributed by atoms with Crippen molar-refractivity contribution in [3.8, 4) is 22.4 Å². The molecular formula is C41H48GeIrNO2-. The Morgan fingerprint density at radius 1 is 0.804 bits per heavy atom. The minimum absolute atomic E-state index is 0. The van der Waals surface area contributed by atoms with Gasteiger partial charge in [-0.25, -0.2) is 0 Å². The van der Waals surface area contributed by atoms with Crippen molar-refractivity contribution in [2.45, 2.75) is 70.6 Å². The molecule has 5 rings (SSSR count). The van der Waals surface area contributed by atoms with Crippen molar-refractivity contribution in [2.24, 2.45) is 11.8 Å². The van der Waals surface area contributed by atoms with Gasteiger partial charge in [0.15, 0.2) is 5.78 Å². The maximum atomic E-state index is 11.7. The smallest absolute Gasteiger partial charge is 0 e. The van der Waals surface area contributed by atoms with E-state index in [9.17, 15) is 9.90 Å². The zero-order valence-electron chi connectivity index (χ0n) is 28.4. The first-order chi connectivity index (χ1) is 21.6. The van der Waals surface area contributed by atoms with Gasteiger partial charge < -0.3 is 5.11 Å². The van der Waals surface area contributed by atoms with E-state index in [0.717, 1.165) is 42.5 Å². The first-order valence-corrected chi connectivity index (χ1v) is 23.8. The van der Waals surface area contributed by atoms with Crippen molar-refractivity contribution < 1.29 is 30.0 Å². The van der Waals surface area contributed by atoms with Gasteiger partial charge in [-0.3, -0.25) is 4.79 Å². The SMILES string of the molecule is CCC(CC)C(=O)/C=C(\O)C(CC)CC.[CH3][Ge]([CH3])([CH3])[c]1ccc2nc(-c3[c-]cc4ccccc4c3)cc(-c3ccccc3)c2c1.[Ir]. The molecule has 46 heavy (non-hydrogen) atoms. The maximum Gasteiger partial charge on any atom is 0 e. The standard InChI is InChI=1S/C28H24GeN.C13H24O2.Ir/c1-29(2,3)24-15-16-27-26(18-24)25(21-10-5-4-6-11-21)19-28(30-27)23-14-13-20-9-7-8-12-22(20)17-23;1-5-10(6-2)12(14)9-13(15)11(7-3)8-4;/h4-13,15-19H,1-3H3;9-11,14H,5-8H2,1-4H3;/q-1;;/b;12-9-;. The molecule has 0 atom stereocenters. The Morgan fingerprint density at radius 3 is 2.02 bits per heavy atom. The average molecular weight is 852 g/mol. The third kappa shape index (κ3) is 9.27. The predicted molar refractivity (Wildman–Crippen MR) is 196 cm³/mol. The number of nitrogens with zero attached hydrogens (tertiary/aromatic N) is 1. The van der Waals surface area contributed by atoms with E-state index in [0.29, 0.717) is 0 Å². The summed E-state index contributed by atoms with van der Waals surface area (Å²) >= 11 is -1.94. The summed E-state index contributed by atoms with van der Waals surface area (Å²) in [5.74, 6) is 7.87. The minimum Gasteiger partial charge on any atom is 0 e. The first kappa shape index (κ1) is 37.4. The maximum absolute atomic E-state index is 11.7. The summed E-state index contributed by atoms with van der Waals surface area (Å²) in [5.41, 5.74) is 5.52. The van der Waals surface area contributed by atoms with Crippen molar-refractivity contribution >= 4 is 45.1 Å². The van der Waals surface area contributed by atoms with E-state index in [4.69, 9.17) is 4.98 Å². The molecule has 3 nitrogen and oxygen atoms in total. The number of hydrogen-bond acceptors (Lipinski definition) is 3. The number of pyridine rings is 1. The molecule has 0 fully saturated rings. The van der Waals surface area contributed by atoms with Gasteiger partial charge in [0.25, 0.3) is 0 Å². The third-order valence-corrected chi connectivity index (χ3v) is 13.1. The first-order valence-electron chi connectivity index (χ1n) is 16.4. The molecule has 0 saturated heterocycles. The van der Waals surface area contributed by atoms with Crippen LogP contribution < -0.4 is 4.40 Å². The molecule has 4 aromatic carbocycles. The normalized spacial score (nSPS) is 11.8. The van der Waals surface area contributed by atoms with Gasteiger partial charge in [0.1, 0.15) is 0 Å². The fraction of sp³-hybridized carbons (Fsp3) is 0.317. The molecule has 0 amide bonds. The monoisotopic (exact) mass is 853 g/mol. The number of ketones is 1. The Labute approximate surface area is 292 Å². The Morgan fingerprint density at radius 2 is 1.41 bits per heavy atom. The molecule has 1 heterocycles. The summed E-state index contributed by atoms with van der Waals surface area (Å²) < 4.78 is 1.51. The van der Waals surface area contributed by atoms with Crippen LogP contribution >= 0.6 is 0 Å². The number of fused-ring (bicyclic) bond motifs is 2. The topological polar surface area (TPSA) is 50.2 Å². The fourth-order valence-corrected chi connectivity index (χ4v) is 8.18. The van der Waals surface area contributed by atoms with E-state index in [-0.39, 0.29) is 43.5 Å². The zero-order valence-corrected chi connectivity index (χ0v) is 32.8. The number of benzene rings is 4. The largest absolute Gasteiger partial charge is 0 e. The van der Waals surface area contributed by atoms with Crippen LogP contribution in [0.2, 0.25) is 17.3 Å². The Hall–Kier alpha value is -3.05. The van der Waals surface area contributed by atoms with Gasteiger partial charge in [-0.15, -0.1) is 0 Å². The zero-order chi connectivity index (χ0) is 32.6. The van der Waals surface area contributed by atoms with Crippen molar-refractivity contribution in [1.29, 1.82) is 0 Å². The summed E-state index contributed by atoms with van der Waals surface area (Å²) in [6, 6.07) is 35.9. The molecule has 0 aliphatic heterocycles. The summed E-state index contributed by atoms with van der Waals surface area (Å²) in [5, 5.41) is 13.4. The van der Waals surface area contributed by atoms with Crippen molar-refractivity contribution in [3.05, 3.63) is 109 Å². The molecule has 1 aromatic heterocycles. The van der Waals surface area contributed by atoms with Crippen LogP contribution in [-0.4, -0.2) is 29.1 Å². The molecule has 0 unspecified atom stereocenters. The molecule has 1 radical (unpaired) electrons. The van der Waals surface area contributed by atoms with Gasteiger partial charge >= 0.3 is 181 Å². The van der Waals surface area contributed by atoms with Gasteiger partial charge in [-0.1, -0.05) is 27.7 Å². The van der Waals surface area contributed by atoms with Crippen LogP contribution in [0.3, 0.4) is 0 Å². The van der Waals surface area contributed by atoms with Crippen LogP contribution in [-0.2, 0) is 24.9 Å². The van der Waals surface area contributed by atoms with Gasteiger partial charge in [0, 0.05) is 38.0 Å². The van der Waals surface area contributed by atoms with Crippen molar-refractivity contribution in [2.75, 3.05) is 0 Å². The molecule has 1 N–H and O–H groups in total. The molecule has 0 saturated carbocycles. The van der Waals surface area contributed by atoms with Gasteiger partial charge in [0.2, 0.25) is 0 Å². The van der Waals surface area contributed by atoms with Crippen LogP contribution in [0.25, 0.3) is 44.1 Å². The quantitative estimate of drug-likeness (QED) is 0.0659. The van der Waals surface area contributed by atoms with E-state index in [2.05, 4.69) is 114 Å². The number of aromatic nitrogens is 1. The molecular weight excluding hydrogens is 803 g/mol. The van der Waals surface area contributed by atoms with Crippen molar-refractivity contribution in [1.82, 2.24) is 4.98 Å². The van der Waals surface area contributed by atoms with Gasteiger partial charge in [-0.05, 0) is 25.7 Å². The summed E-state index contributed by atoms with van der Waals surface area (Å²) in [6.45, 7) is 8.07. The molecule has 5 aromatic rings. The number of allylic oxidation sites excluding steroid dienone is 2. The van der Waals surface area contributed by atoms with Crippen LogP contribution in [0.1, 0.15) is 53.4 Å². The second-order valence-electron chi connectivity index (χ2n) is 12.9. The van der Waals surface area contributed by atoms with E-state index < -0.39 is 13.3 Å². The molecule has 5 heteroatoms. The van der Waals surface area contributed by atoms with E-state index in [1.54, 1.807) is 0 Å². The second-order valence-corrected chi connectivity index (χ2v) is 23.5. The molecule has 0 aliphatic rings. The van der Waals surface area contributed by atoms with Gasteiger partial charge in [0.05, 0.1) is 5.76 Å². The van der Waals surface area contributed by atoms with Crippen LogP contribution in [0.5, 0.6) is 0 Å². The van der Waals surface area contributed by atoms with Crippen LogP contribution in [0.15, 0.2) is 103 Å². The predicted octanol–water partition coefficient (Wildman–Crippen LogP) is 10.9. The number of aliphatic hydroxyl groups excluding tert-OH is 1. The Kier molecular flexibility index (Phi) is 14.0. The Balaban J connectivity index is 0.000000309. The molecule has 0 bridgehead atoms. The minimum atomic E-state index is -1.94. The second kappa shape index (κ2) is 17.2. The Bertz CT molecular complexity index is 1770.